The standard InChI is InChI=1S/C17H32N2O2/c1-15(2)5-4-6-16(3)7-8-18-13-17(20)14-19-9-11-21-12-10-19/h5,7,17-18,20H,4,6,8-14H2,1-3H3/p+2/b16-7+/t17-/m1/s1. The fraction of sp³-hybridized carbons (Fsp3) is 0.765. The molecule has 4 nitrogen and oxygen atoms in total. The maximum absolute atomic E-state index is 10.0. The number of hydrogen-bond donors (Lipinski definition) is 3. The molecule has 0 amide bonds. The van der Waals surface area contributed by atoms with E-state index in [-0.39, 0.29) is 6.10 Å². The maximum Gasteiger partial charge on any atom is 0.151 e. The van der Waals surface area contributed by atoms with Crippen LogP contribution in [-0.2, 0) is 4.74 Å². The molecule has 0 aromatic rings. The maximum atomic E-state index is 10.0. The Morgan fingerprint density at radius 2 is 1.95 bits per heavy atom. The van der Waals surface area contributed by atoms with Crippen LogP contribution in [0.4, 0.5) is 0 Å². The number of quaternary nitrogens is 2. The Morgan fingerprint density at radius 3 is 2.62 bits per heavy atom. The van der Waals surface area contributed by atoms with Crippen molar-refractivity contribution in [3.63, 3.8) is 0 Å². The second kappa shape index (κ2) is 11.0. The first-order chi connectivity index (χ1) is 10.1. The van der Waals surface area contributed by atoms with Gasteiger partial charge in [0.05, 0.1) is 19.8 Å². The van der Waals surface area contributed by atoms with Crippen molar-refractivity contribution in [2.24, 2.45) is 0 Å². The molecule has 4 N–H and O–H groups in total. The molecule has 4 heteroatoms. The minimum Gasteiger partial charge on any atom is -0.382 e. The van der Waals surface area contributed by atoms with Gasteiger partial charge in [0.1, 0.15) is 26.2 Å². The van der Waals surface area contributed by atoms with Gasteiger partial charge in [-0.3, -0.25) is 0 Å². The number of ether oxygens (including phenoxy) is 1. The summed E-state index contributed by atoms with van der Waals surface area (Å²) in [6.45, 7) is 12.8. The molecule has 21 heavy (non-hydrogen) atoms. The van der Waals surface area contributed by atoms with Gasteiger partial charge in [0.2, 0.25) is 0 Å². The third kappa shape index (κ3) is 9.80. The molecule has 1 fully saturated rings. The smallest absolute Gasteiger partial charge is 0.151 e. The fourth-order valence-corrected chi connectivity index (χ4v) is 2.54. The fourth-order valence-electron chi connectivity index (χ4n) is 2.54. The number of hydrogen-bond acceptors (Lipinski definition) is 2. The van der Waals surface area contributed by atoms with E-state index in [2.05, 4.69) is 38.2 Å². The van der Waals surface area contributed by atoms with Crippen LogP contribution >= 0.6 is 0 Å². The molecule has 0 aromatic carbocycles. The van der Waals surface area contributed by atoms with Gasteiger partial charge in [-0.2, -0.15) is 0 Å². The van der Waals surface area contributed by atoms with E-state index in [1.807, 2.05) is 0 Å². The van der Waals surface area contributed by atoms with Crippen LogP contribution in [0.5, 0.6) is 0 Å². The van der Waals surface area contributed by atoms with Crippen molar-refractivity contribution in [2.75, 3.05) is 45.9 Å². The van der Waals surface area contributed by atoms with Gasteiger partial charge in [0, 0.05) is 0 Å². The van der Waals surface area contributed by atoms with Gasteiger partial charge in [-0.05, 0) is 39.7 Å². The van der Waals surface area contributed by atoms with Gasteiger partial charge >= 0.3 is 0 Å². The predicted molar refractivity (Wildman–Crippen MR) is 86.5 cm³/mol. The predicted octanol–water partition coefficient (Wildman–Crippen LogP) is -0.481. The van der Waals surface area contributed by atoms with Crippen LogP contribution in [0.25, 0.3) is 0 Å². The summed E-state index contributed by atoms with van der Waals surface area (Å²) < 4.78 is 5.33. The first kappa shape index (κ1) is 18.4. The van der Waals surface area contributed by atoms with Gasteiger partial charge in [0.25, 0.3) is 0 Å². The summed E-state index contributed by atoms with van der Waals surface area (Å²) in [6, 6.07) is 0. The average Bonchev–Trinajstić information content (AvgIpc) is 2.44. The van der Waals surface area contributed by atoms with E-state index in [1.54, 1.807) is 0 Å². The number of allylic oxidation sites excluding steroid dienone is 3. The molecule has 1 rings (SSSR count). The molecule has 1 atom stereocenters. The van der Waals surface area contributed by atoms with E-state index in [9.17, 15) is 5.11 Å². The molecule has 0 bridgehead atoms. The normalized spacial score (nSPS) is 18.6. The lowest BCUT2D eigenvalue weighted by Gasteiger charge is -2.25. The molecule has 1 aliphatic rings. The van der Waals surface area contributed by atoms with Crippen LogP contribution in [0.15, 0.2) is 23.3 Å². The highest BCUT2D eigenvalue weighted by molar-refractivity contribution is 5.01. The number of aliphatic hydroxyl groups is 1. The summed E-state index contributed by atoms with van der Waals surface area (Å²) in [6.07, 6.45) is 6.63. The van der Waals surface area contributed by atoms with Gasteiger partial charge in [-0.1, -0.05) is 17.2 Å². The minimum absolute atomic E-state index is 0.211. The summed E-state index contributed by atoms with van der Waals surface area (Å²) in [4.78, 5) is 1.47. The molecule has 1 heterocycles. The van der Waals surface area contributed by atoms with Crippen LogP contribution in [0.2, 0.25) is 0 Å². The quantitative estimate of drug-likeness (QED) is 0.398. The second-order valence-corrected chi connectivity index (χ2v) is 6.35. The van der Waals surface area contributed by atoms with Gasteiger partial charge in [0.15, 0.2) is 6.10 Å². The topological polar surface area (TPSA) is 50.5 Å². The van der Waals surface area contributed by atoms with E-state index < -0.39 is 0 Å². The Balaban J connectivity index is 2.07. The molecule has 122 valence electrons. The van der Waals surface area contributed by atoms with Crippen LogP contribution < -0.4 is 10.2 Å². The zero-order valence-corrected chi connectivity index (χ0v) is 14.0. The SMILES string of the molecule is CC(C)=CCC/C(C)=C/C[NH2+]C[C@@H](O)C[NH+]1CCOCC1. The Hall–Kier alpha value is -0.680. The number of nitrogens with one attached hydrogen (secondary N) is 1. The van der Waals surface area contributed by atoms with E-state index in [0.29, 0.717) is 0 Å². The Labute approximate surface area is 129 Å². The third-order valence-electron chi connectivity index (χ3n) is 3.89. The van der Waals surface area contributed by atoms with Crippen molar-refractivity contribution in [1.82, 2.24) is 0 Å². The van der Waals surface area contributed by atoms with Gasteiger partial charge < -0.3 is 20.1 Å². The zero-order chi connectivity index (χ0) is 15.5. The largest absolute Gasteiger partial charge is 0.382 e. The number of aliphatic hydroxyl groups excluding tert-OH is 1. The van der Waals surface area contributed by atoms with Crippen molar-refractivity contribution >= 4 is 0 Å². The molecule has 0 aromatic heterocycles. The summed E-state index contributed by atoms with van der Waals surface area (Å²) in [5.74, 6) is 0. The highest BCUT2D eigenvalue weighted by atomic mass is 16.5. The summed E-state index contributed by atoms with van der Waals surface area (Å²) in [5, 5.41) is 12.3. The van der Waals surface area contributed by atoms with Gasteiger partial charge in [-0.25, -0.2) is 0 Å². The van der Waals surface area contributed by atoms with Crippen molar-refractivity contribution in [1.29, 1.82) is 0 Å². The molecule has 1 saturated heterocycles. The first-order valence-corrected chi connectivity index (χ1v) is 8.28. The lowest BCUT2D eigenvalue weighted by atomic mass is 10.1. The highest BCUT2D eigenvalue weighted by Crippen LogP contribution is 2.05. The summed E-state index contributed by atoms with van der Waals surface area (Å²) in [5.41, 5.74) is 2.83. The van der Waals surface area contributed by atoms with Crippen molar-refractivity contribution in [3.8, 4) is 0 Å². The molecule has 0 saturated carbocycles. The molecular weight excluding hydrogens is 264 g/mol. The van der Waals surface area contributed by atoms with E-state index in [1.165, 1.54) is 16.0 Å². The lowest BCUT2D eigenvalue weighted by Crippen LogP contribution is -3.15. The molecule has 0 aliphatic carbocycles. The van der Waals surface area contributed by atoms with Crippen molar-refractivity contribution in [3.05, 3.63) is 23.3 Å². The van der Waals surface area contributed by atoms with Crippen LogP contribution in [-0.4, -0.2) is 57.1 Å². The Kier molecular flexibility index (Phi) is 9.59. The Bertz CT molecular complexity index is 330. The van der Waals surface area contributed by atoms with Crippen molar-refractivity contribution < 1.29 is 20.1 Å². The van der Waals surface area contributed by atoms with Crippen LogP contribution in [0, 0.1) is 0 Å². The molecular formula is C17H34N2O2+2. The Morgan fingerprint density at radius 1 is 1.24 bits per heavy atom. The van der Waals surface area contributed by atoms with Crippen molar-refractivity contribution in [2.45, 2.75) is 39.7 Å². The number of morpholine rings is 1. The van der Waals surface area contributed by atoms with Crippen LogP contribution in [0.3, 0.4) is 0 Å². The van der Waals surface area contributed by atoms with E-state index in [4.69, 9.17) is 4.74 Å². The molecule has 0 unspecified atom stereocenters. The first-order valence-electron chi connectivity index (χ1n) is 8.28. The number of rotatable bonds is 9. The third-order valence-corrected chi connectivity index (χ3v) is 3.89. The summed E-state index contributed by atoms with van der Waals surface area (Å²) >= 11 is 0. The molecule has 0 spiro atoms. The average molecular weight is 298 g/mol. The van der Waals surface area contributed by atoms with Gasteiger partial charge in [-0.15, -0.1) is 0 Å². The highest BCUT2D eigenvalue weighted by Gasteiger charge is 2.18. The van der Waals surface area contributed by atoms with E-state index in [0.717, 1.165) is 58.8 Å². The summed E-state index contributed by atoms with van der Waals surface area (Å²) in [7, 11) is 0. The van der Waals surface area contributed by atoms with E-state index >= 15 is 0 Å². The molecule has 1 aliphatic heterocycles. The molecule has 0 radical (unpaired) electrons. The lowest BCUT2D eigenvalue weighted by molar-refractivity contribution is -0.912. The number of nitrogens with two attached hydrogens (primary N) is 1. The van der Waals surface area contributed by atoms with Crippen LogP contribution in [0.1, 0.15) is 33.6 Å². The second-order valence-electron chi connectivity index (χ2n) is 6.35. The minimum atomic E-state index is -0.211. The zero-order valence-electron chi connectivity index (χ0n) is 14.0. The monoisotopic (exact) mass is 298 g/mol.